The summed E-state index contributed by atoms with van der Waals surface area (Å²) in [7, 11) is 2.16. The number of piperazine rings is 1. The Kier molecular flexibility index (Phi) is 6.57. The first-order valence-corrected chi connectivity index (χ1v) is 9.96. The topological polar surface area (TPSA) is 44.8 Å². The van der Waals surface area contributed by atoms with Gasteiger partial charge in [0.2, 0.25) is 0 Å². The van der Waals surface area contributed by atoms with Gasteiger partial charge in [0.25, 0.3) is 5.91 Å². The number of carbonyl (C=O) groups excluding carboxylic acids is 1. The molecule has 0 spiro atoms. The fraction of sp³-hybridized carbons (Fsp3) is 0.435. The van der Waals surface area contributed by atoms with Crippen molar-refractivity contribution >= 4 is 11.6 Å². The Morgan fingerprint density at radius 1 is 1.04 bits per heavy atom. The summed E-state index contributed by atoms with van der Waals surface area (Å²) >= 11 is 0. The van der Waals surface area contributed by atoms with Crippen LogP contribution in [0.2, 0.25) is 0 Å². The monoisotopic (exact) mass is 381 g/mol. The van der Waals surface area contributed by atoms with Crippen molar-refractivity contribution in [3.8, 4) is 5.75 Å². The molecule has 2 aromatic carbocycles. The van der Waals surface area contributed by atoms with E-state index in [1.807, 2.05) is 26.0 Å². The zero-order valence-electron chi connectivity index (χ0n) is 17.4. The zero-order chi connectivity index (χ0) is 20.1. The van der Waals surface area contributed by atoms with Gasteiger partial charge in [0.1, 0.15) is 5.75 Å². The van der Waals surface area contributed by atoms with Crippen LogP contribution in [-0.2, 0) is 11.3 Å². The van der Waals surface area contributed by atoms with E-state index in [1.165, 1.54) is 5.69 Å². The van der Waals surface area contributed by atoms with E-state index in [-0.39, 0.29) is 5.91 Å². The molecule has 3 rings (SSSR count). The molecule has 1 atom stereocenters. The van der Waals surface area contributed by atoms with Gasteiger partial charge in [-0.3, -0.25) is 4.79 Å². The highest BCUT2D eigenvalue weighted by Gasteiger charge is 2.16. The third-order valence-corrected chi connectivity index (χ3v) is 5.15. The Morgan fingerprint density at radius 2 is 1.64 bits per heavy atom. The Hall–Kier alpha value is -2.53. The molecule has 1 saturated heterocycles. The molecule has 5 nitrogen and oxygen atoms in total. The van der Waals surface area contributed by atoms with Crippen LogP contribution in [0.3, 0.4) is 0 Å². The third kappa shape index (κ3) is 5.49. The smallest absolute Gasteiger partial charge is 0.261 e. The maximum atomic E-state index is 12.4. The number of hydrogen-bond acceptors (Lipinski definition) is 4. The fourth-order valence-electron chi connectivity index (χ4n) is 3.48. The lowest BCUT2D eigenvalue weighted by molar-refractivity contribution is -0.127. The number of nitrogens with zero attached hydrogens (tertiary/aromatic N) is 2. The van der Waals surface area contributed by atoms with Crippen LogP contribution >= 0.6 is 0 Å². The van der Waals surface area contributed by atoms with E-state index in [4.69, 9.17) is 4.74 Å². The first-order valence-electron chi connectivity index (χ1n) is 9.96. The molecule has 1 amide bonds. The maximum absolute atomic E-state index is 12.4. The van der Waals surface area contributed by atoms with Crippen LogP contribution < -0.4 is 15.0 Å². The van der Waals surface area contributed by atoms with E-state index in [0.29, 0.717) is 6.54 Å². The van der Waals surface area contributed by atoms with Gasteiger partial charge in [-0.05, 0) is 68.8 Å². The van der Waals surface area contributed by atoms with Crippen molar-refractivity contribution in [3.05, 3.63) is 59.2 Å². The first kappa shape index (κ1) is 20.2. The van der Waals surface area contributed by atoms with Gasteiger partial charge in [0.15, 0.2) is 6.10 Å². The Labute approximate surface area is 168 Å². The van der Waals surface area contributed by atoms with Crippen LogP contribution in [0.4, 0.5) is 5.69 Å². The number of ether oxygens (including phenoxy) is 1. The molecular formula is C23H31N3O2. The predicted octanol–water partition coefficient (Wildman–Crippen LogP) is 3.14. The van der Waals surface area contributed by atoms with Crippen LogP contribution in [0, 0.1) is 13.8 Å². The van der Waals surface area contributed by atoms with Gasteiger partial charge in [0.05, 0.1) is 0 Å². The molecule has 0 saturated carbocycles. The van der Waals surface area contributed by atoms with Gasteiger partial charge in [-0.25, -0.2) is 0 Å². The van der Waals surface area contributed by atoms with Crippen molar-refractivity contribution in [1.29, 1.82) is 0 Å². The van der Waals surface area contributed by atoms with Crippen molar-refractivity contribution in [2.75, 3.05) is 38.1 Å². The lowest BCUT2D eigenvalue weighted by Crippen LogP contribution is -2.44. The number of likely N-dealkylation sites (N-methyl/N-ethyl adjacent to an activating group) is 1. The number of amides is 1. The SMILES string of the molecule is Cc1cc(C)cc(OC(C)C(=O)NCc2ccc(N3CCN(C)CC3)cc2)c1. The zero-order valence-corrected chi connectivity index (χ0v) is 17.4. The van der Waals surface area contributed by atoms with Crippen LogP contribution in [0.15, 0.2) is 42.5 Å². The summed E-state index contributed by atoms with van der Waals surface area (Å²) in [6.07, 6.45) is -0.536. The fourth-order valence-corrected chi connectivity index (χ4v) is 3.48. The molecule has 0 aromatic heterocycles. The van der Waals surface area contributed by atoms with E-state index in [0.717, 1.165) is 48.6 Å². The Morgan fingerprint density at radius 3 is 2.25 bits per heavy atom. The van der Waals surface area contributed by atoms with Crippen LogP contribution in [0.25, 0.3) is 0 Å². The summed E-state index contributed by atoms with van der Waals surface area (Å²) in [5, 5.41) is 2.97. The molecule has 1 heterocycles. The van der Waals surface area contributed by atoms with Crippen molar-refractivity contribution in [3.63, 3.8) is 0 Å². The highest BCUT2D eigenvalue weighted by Crippen LogP contribution is 2.18. The number of benzene rings is 2. The average molecular weight is 382 g/mol. The molecule has 1 aliphatic rings. The van der Waals surface area contributed by atoms with Crippen LogP contribution in [0.1, 0.15) is 23.6 Å². The second-order valence-corrected chi connectivity index (χ2v) is 7.76. The minimum Gasteiger partial charge on any atom is -0.481 e. The van der Waals surface area contributed by atoms with Crippen molar-refractivity contribution in [2.45, 2.75) is 33.4 Å². The average Bonchev–Trinajstić information content (AvgIpc) is 2.66. The Bertz CT molecular complexity index is 776. The number of nitrogens with one attached hydrogen (secondary N) is 1. The molecule has 0 radical (unpaired) electrons. The summed E-state index contributed by atoms with van der Waals surface area (Å²) in [4.78, 5) is 17.1. The second-order valence-electron chi connectivity index (χ2n) is 7.76. The van der Waals surface area contributed by atoms with Gasteiger partial charge >= 0.3 is 0 Å². The molecule has 2 aromatic rings. The van der Waals surface area contributed by atoms with Crippen molar-refractivity contribution < 1.29 is 9.53 Å². The molecule has 5 heteroatoms. The molecule has 0 bridgehead atoms. The number of anilines is 1. The van der Waals surface area contributed by atoms with Crippen molar-refractivity contribution in [1.82, 2.24) is 10.2 Å². The van der Waals surface area contributed by atoms with Gasteiger partial charge in [-0.2, -0.15) is 0 Å². The van der Waals surface area contributed by atoms with Gasteiger partial charge in [0, 0.05) is 38.4 Å². The summed E-state index contributed by atoms with van der Waals surface area (Å²) in [6.45, 7) is 10.6. The quantitative estimate of drug-likeness (QED) is 0.835. The third-order valence-electron chi connectivity index (χ3n) is 5.15. The molecule has 1 aliphatic heterocycles. The van der Waals surface area contributed by atoms with Crippen molar-refractivity contribution in [2.24, 2.45) is 0 Å². The standard InChI is InChI=1S/C23H31N3O2/c1-17-13-18(2)15-22(14-17)28-19(3)23(27)24-16-20-5-7-21(8-6-20)26-11-9-25(4)10-12-26/h5-8,13-15,19H,9-12,16H2,1-4H3,(H,24,27). The largest absolute Gasteiger partial charge is 0.481 e. The lowest BCUT2D eigenvalue weighted by Gasteiger charge is -2.34. The number of carbonyl (C=O) groups is 1. The van der Waals surface area contributed by atoms with E-state index >= 15 is 0 Å². The minimum absolute atomic E-state index is 0.109. The van der Waals surface area contributed by atoms with E-state index in [9.17, 15) is 4.79 Å². The molecule has 28 heavy (non-hydrogen) atoms. The molecular weight excluding hydrogens is 350 g/mol. The maximum Gasteiger partial charge on any atom is 0.261 e. The molecule has 1 fully saturated rings. The number of aryl methyl sites for hydroxylation is 2. The highest BCUT2D eigenvalue weighted by atomic mass is 16.5. The minimum atomic E-state index is -0.536. The lowest BCUT2D eigenvalue weighted by atomic mass is 10.1. The van der Waals surface area contributed by atoms with Gasteiger partial charge in [-0.1, -0.05) is 18.2 Å². The summed E-state index contributed by atoms with van der Waals surface area (Å²) < 4.78 is 5.81. The molecule has 0 aliphatic carbocycles. The predicted molar refractivity (Wildman–Crippen MR) is 114 cm³/mol. The summed E-state index contributed by atoms with van der Waals surface area (Å²) in [5.41, 5.74) is 4.59. The van der Waals surface area contributed by atoms with Crippen LogP contribution in [0.5, 0.6) is 5.75 Å². The molecule has 1 N–H and O–H groups in total. The van der Waals surface area contributed by atoms with E-state index in [1.54, 1.807) is 6.92 Å². The van der Waals surface area contributed by atoms with E-state index in [2.05, 4.69) is 52.5 Å². The summed E-state index contributed by atoms with van der Waals surface area (Å²) in [5.74, 6) is 0.624. The second kappa shape index (κ2) is 9.11. The van der Waals surface area contributed by atoms with Crippen LogP contribution in [-0.4, -0.2) is 50.1 Å². The molecule has 150 valence electrons. The van der Waals surface area contributed by atoms with Gasteiger partial charge in [-0.15, -0.1) is 0 Å². The first-order chi connectivity index (χ1) is 13.4. The number of hydrogen-bond donors (Lipinski definition) is 1. The van der Waals surface area contributed by atoms with E-state index < -0.39 is 6.10 Å². The summed E-state index contributed by atoms with van der Waals surface area (Å²) in [6, 6.07) is 14.4. The number of rotatable bonds is 6. The Balaban J connectivity index is 1.49. The van der Waals surface area contributed by atoms with Gasteiger partial charge < -0.3 is 19.9 Å². The highest BCUT2D eigenvalue weighted by molar-refractivity contribution is 5.80. The molecule has 1 unspecified atom stereocenters. The normalized spacial score (nSPS) is 15.9.